The van der Waals surface area contributed by atoms with Crippen molar-refractivity contribution in [3.8, 4) is 11.1 Å². The SMILES string of the molecule is c1ccc(-c2ccc(N(c3cccc4c3ccc3ccc5oc6ccccc6c5c34)c3cccc4oc5ccccc5c34)cc2)cc1. The molecule has 0 unspecified atom stereocenters. The molecule has 3 nitrogen and oxygen atoms in total. The number of benzene rings is 8. The van der Waals surface area contributed by atoms with Crippen molar-refractivity contribution >= 4 is 82.5 Å². The van der Waals surface area contributed by atoms with Gasteiger partial charge in [0.2, 0.25) is 0 Å². The van der Waals surface area contributed by atoms with Crippen molar-refractivity contribution in [2.24, 2.45) is 0 Å². The summed E-state index contributed by atoms with van der Waals surface area (Å²) in [4.78, 5) is 2.39. The van der Waals surface area contributed by atoms with Crippen molar-refractivity contribution in [3.05, 3.63) is 164 Å². The van der Waals surface area contributed by atoms with E-state index in [1.54, 1.807) is 0 Å². The van der Waals surface area contributed by atoms with Crippen LogP contribution in [0.5, 0.6) is 0 Å². The highest BCUT2D eigenvalue weighted by Crippen LogP contribution is 2.47. The molecule has 3 heteroatoms. The van der Waals surface area contributed by atoms with Crippen LogP contribution in [-0.4, -0.2) is 0 Å². The maximum atomic E-state index is 6.38. The molecule has 2 aromatic heterocycles. The van der Waals surface area contributed by atoms with Crippen LogP contribution in [0.1, 0.15) is 0 Å². The minimum absolute atomic E-state index is 0.867. The summed E-state index contributed by atoms with van der Waals surface area (Å²) in [6.07, 6.45) is 0. The van der Waals surface area contributed by atoms with E-state index in [4.69, 9.17) is 8.83 Å². The number of hydrogen-bond donors (Lipinski definition) is 0. The number of hydrogen-bond acceptors (Lipinski definition) is 3. The molecule has 8 aromatic carbocycles. The van der Waals surface area contributed by atoms with Gasteiger partial charge in [-0.25, -0.2) is 0 Å². The maximum Gasteiger partial charge on any atom is 0.137 e. The zero-order valence-corrected chi connectivity index (χ0v) is 25.4. The van der Waals surface area contributed by atoms with Crippen LogP contribution in [0.25, 0.3) is 76.5 Å². The van der Waals surface area contributed by atoms with E-state index in [9.17, 15) is 0 Å². The molecule has 10 aromatic rings. The van der Waals surface area contributed by atoms with Crippen molar-refractivity contribution in [1.82, 2.24) is 0 Å². The summed E-state index contributed by atoms with van der Waals surface area (Å²) >= 11 is 0. The lowest BCUT2D eigenvalue weighted by Gasteiger charge is -2.28. The Morgan fingerprint density at radius 1 is 0.319 bits per heavy atom. The molecule has 0 saturated carbocycles. The van der Waals surface area contributed by atoms with Crippen LogP contribution >= 0.6 is 0 Å². The quantitative estimate of drug-likeness (QED) is 0.188. The summed E-state index contributed by atoms with van der Waals surface area (Å²) in [6.45, 7) is 0. The molecule has 0 atom stereocenters. The molecule has 2 heterocycles. The van der Waals surface area contributed by atoms with Gasteiger partial charge in [-0.3, -0.25) is 0 Å². The first-order valence-electron chi connectivity index (χ1n) is 15.9. The first kappa shape index (κ1) is 26.0. The normalized spacial score (nSPS) is 11.8. The minimum atomic E-state index is 0.867. The number of anilines is 3. The van der Waals surface area contributed by atoms with Gasteiger partial charge in [-0.15, -0.1) is 0 Å². The molecule has 0 aliphatic carbocycles. The Morgan fingerprint density at radius 2 is 0.894 bits per heavy atom. The number of nitrogens with zero attached hydrogens (tertiary/aromatic N) is 1. The lowest BCUT2D eigenvalue weighted by atomic mass is 9.96. The highest BCUT2D eigenvalue weighted by atomic mass is 16.3. The van der Waals surface area contributed by atoms with Crippen molar-refractivity contribution in [3.63, 3.8) is 0 Å². The highest BCUT2D eigenvalue weighted by molar-refractivity contribution is 6.28. The zero-order valence-electron chi connectivity index (χ0n) is 25.4. The average molecular weight is 602 g/mol. The first-order valence-corrected chi connectivity index (χ1v) is 15.9. The van der Waals surface area contributed by atoms with Crippen molar-refractivity contribution < 1.29 is 8.83 Å². The zero-order chi connectivity index (χ0) is 30.9. The Morgan fingerprint density at radius 3 is 1.68 bits per heavy atom. The Labute approximate surface area is 270 Å². The Kier molecular flexibility index (Phi) is 5.57. The van der Waals surface area contributed by atoms with E-state index in [1.807, 2.05) is 18.2 Å². The van der Waals surface area contributed by atoms with E-state index in [1.165, 1.54) is 27.3 Å². The topological polar surface area (TPSA) is 29.5 Å². The van der Waals surface area contributed by atoms with E-state index in [0.717, 1.165) is 66.3 Å². The molecule has 0 saturated heterocycles. The molecule has 0 amide bonds. The second-order valence-corrected chi connectivity index (χ2v) is 12.1. The van der Waals surface area contributed by atoms with Crippen LogP contribution in [0.2, 0.25) is 0 Å². The van der Waals surface area contributed by atoms with Gasteiger partial charge < -0.3 is 13.7 Å². The number of fused-ring (bicyclic) bond motifs is 10. The van der Waals surface area contributed by atoms with Crippen LogP contribution < -0.4 is 4.90 Å². The van der Waals surface area contributed by atoms with Crippen LogP contribution in [0.3, 0.4) is 0 Å². The molecular weight excluding hydrogens is 574 g/mol. The third-order valence-corrected chi connectivity index (χ3v) is 9.45. The molecular formula is C44H27NO2. The Balaban J connectivity index is 1.28. The maximum absolute atomic E-state index is 6.38. The molecule has 47 heavy (non-hydrogen) atoms. The van der Waals surface area contributed by atoms with E-state index in [0.29, 0.717) is 0 Å². The summed E-state index contributed by atoms with van der Waals surface area (Å²) in [5, 5.41) is 9.23. The van der Waals surface area contributed by atoms with Crippen LogP contribution in [0.4, 0.5) is 17.1 Å². The molecule has 0 radical (unpaired) electrons. The van der Waals surface area contributed by atoms with Crippen LogP contribution in [-0.2, 0) is 0 Å². The molecule has 0 fully saturated rings. The Bertz CT molecular complexity index is 2790. The molecule has 0 spiro atoms. The lowest BCUT2D eigenvalue weighted by Crippen LogP contribution is -2.11. The predicted octanol–water partition coefficient (Wildman–Crippen LogP) is 12.9. The van der Waals surface area contributed by atoms with E-state index >= 15 is 0 Å². The molecule has 0 aliphatic rings. The van der Waals surface area contributed by atoms with Gasteiger partial charge in [0.25, 0.3) is 0 Å². The Hall–Kier alpha value is -6.32. The van der Waals surface area contributed by atoms with Crippen molar-refractivity contribution in [1.29, 1.82) is 0 Å². The molecule has 10 rings (SSSR count). The number of rotatable bonds is 4. The predicted molar refractivity (Wildman–Crippen MR) is 196 cm³/mol. The summed E-state index contributed by atoms with van der Waals surface area (Å²) in [7, 11) is 0. The van der Waals surface area contributed by atoms with Gasteiger partial charge in [-0.1, -0.05) is 115 Å². The standard InChI is InChI=1S/C44H27NO2/c1-2-10-28(11-3-1)29-20-24-31(25-21-29)45(37-16-9-19-40-43(37)34-12-4-6-17-38(34)46-40)36-15-8-14-33-32(36)26-22-30-23-27-41-44(42(30)33)35-13-5-7-18-39(35)47-41/h1-27H. The van der Waals surface area contributed by atoms with Crippen LogP contribution in [0.15, 0.2) is 173 Å². The minimum Gasteiger partial charge on any atom is -0.456 e. The monoisotopic (exact) mass is 601 g/mol. The fourth-order valence-corrected chi connectivity index (χ4v) is 7.36. The molecule has 220 valence electrons. The van der Waals surface area contributed by atoms with Crippen LogP contribution in [0, 0.1) is 0 Å². The molecule has 0 bridgehead atoms. The van der Waals surface area contributed by atoms with Gasteiger partial charge >= 0.3 is 0 Å². The van der Waals surface area contributed by atoms with Gasteiger partial charge in [0, 0.05) is 32.6 Å². The second kappa shape index (κ2) is 10.1. The van der Waals surface area contributed by atoms with Gasteiger partial charge in [0.05, 0.1) is 16.8 Å². The summed E-state index contributed by atoms with van der Waals surface area (Å²) in [5.74, 6) is 0. The second-order valence-electron chi connectivity index (χ2n) is 12.1. The average Bonchev–Trinajstić information content (AvgIpc) is 3.71. The van der Waals surface area contributed by atoms with Crippen molar-refractivity contribution in [2.75, 3.05) is 4.90 Å². The first-order chi connectivity index (χ1) is 23.3. The molecule has 0 N–H and O–H groups in total. The summed E-state index contributed by atoms with van der Waals surface area (Å²) in [6, 6.07) is 57.8. The summed E-state index contributed by atoms with van der Waals surface area (Å²) in [5.41, 5.74) is 9.17. The fourth-order valence-electron chi connectivity index (χ4n) is 7.36. The number of para-hydroxylation sites is 2. The lowest BCUT2D eigenvalue weighted by molar-refractivity contribution is 0.668. The van der Waals surface area contributed by atoms with Gasteiger partial charge in [0.15, 0.2) is 0 Å². The van der Waals surface area contributed by atoms with Gasteiger partial charge in [0.1, 0.15) is 22.3 Å². The van der Waals surface area contributed by atoms with Crippen molar-refractivity contribution in [2.45, 2.75) is 0 Å². The van der Waals surface area contributed by atoms with E-state index in [-0.39, 0.29) is 0 Å². The largest absolute Gasteiger partial charge is 0.456 e. The highest BCUT2D eigenvalue weighted by Gasteiger charge is 2.22. The van der Waals surface area contributed by atoms with E-state index in [2.05, 4.69) is 150 Å². The third kappa shape index (κ3) is 3.93. The van der Waals surface area contributed by atoms with E-state index < -0.39 is 0 Å². The third-order valence-electron chi connectivity index (χ3n) is 9.45. The number of furan rings is 2. The fraction of sp³-hybridized carbons (Fsp3) is 0. The van der Waals surface area contributed by atoms with Gasteiger partial charge in [-0.05, 0) is 70.4 Å². The van der Waals surface area contributed by atoms with Gasteiger partial charge in [-0.2, -0.15) is 0 Å². The summed E-state index contributed by atoms with van der Waals surface area (Å²) < 4.78 is 12.7. The molecule has 0 aliphatic heterocycles. The smallest absolute Gasteiger partial charge is 0.137 e.